The number of nitrogens with two attached hydrogens (primary N) is 1. The van der Waals surface area contributed by atoms with Crippen LogP contribution in [0.1, 0.15) is 49.4 Å². The Labute approximate surface area is 196 Å². The lowest BCUT2D eigenvalue weighted by Gasteiger charge is -2.41. The summed E-state index contributed by atoms with van der Waals surface area (Å²) in [6.07, 6.45) is 2.25. The minimum absolute atomic E-state index is 0.201. The molecule has 0 aliphatic carbocycles. The first kappa shape index (κ1) is 22.3. The lowest BCUT2D eigenvalue weighted by atomic mass is 9.81. The monoisotopic (exact) mass is 464 g/mol. The zero-order valence-corrected chi connectivity index (χ0v) is 19.0. The summed E-state index contributed by atoms with van der Waals surface area (Å²) in [4.78, 5) is 52.6. The van der Waals surface area contributed by atoms with Gasteiger partial charge in [-0.05, 0) is 49.3 Å². The van der Waals surface area contributed by atoms with Crippen LogP contribution in [-0.4, -0.2) is 53.5 Å². The fraction of sp³-hybridized carbons (Fsp3) is 0.440. The van der Waals surface area contributed by atoms with E-state index in [2.05, 4.69) is 10.2 Å². The number of amides is 3. The maximum Gasteiger partial charge on any atom is 0.306 e. The van der Waals surface area contributed by atoms with Gasteiger partial charge >= 0.3 is 5.97 Å². The van der Waals surface area contributed by atoms with E-state index < -0.39 is 29.4 Å². The molecule has 2 atom stereocenters. The summed E-state index contributed by atoms with van der Waals surface area (Å²) in [7, 11) is 0. The predicted octanol–water partition coefficient (Wildman–Crippen LogP) is 2.01. The van der Waals surface area contributed by atoms with E-state index in [1.54, 1.807) is 6.92 Å². The van der Waals surface area contributed by atoms with Crippen LogP contribution < -0.4 is 20.9 Å². The van der Waals surface area contributed by atoms with Crippen LogP contribution in [0.3, 0.4) is 0 Å². The van der Waals surface area contributed by atoms with Gasteiger partial charge in [-0.1, -0.05) is 19.1 Å². The topological polar surface area (TPSA) is 133 Å². The first-order chi connectivity index (χ1) is 16.2. The average Bonchev–Trinajstić information content (AvgIpc) is 3.07. The Morgan fingerprint density at radius 1 is 1.24 bits per heavy atom. The van der Waals surface area contributed by atoms with E-state index in [0.29, 0.717) is 50.0 Å². The molecular weight excluding hydrogens is 436 g/mol. The maximum absolute atomic E-state index is 13.5. The molecule has 9 heteroatoms. The molecule has 3 heterocycles. The van der Waals surface area contributed by atoms with Gasteiger partial charge in [0, 0.05) is 36.1 Å². The first-order valence-electron chi connectivity index (χ1n) is 11.7. The number of carboxylic acid groups (broad SMARTS) is 1. The number of piperidine rings is 2. The number of hydrogen-bond donors (Lipinski definition) is 3. The molecule has 4 N–H and O–H groups in total. The van der Waals surface area contributed by atoms with E-state index in [-0.39, 0.29) is 18.2 Å². The van der Waals surface area contributed by atoms with Crippen molar-refractivity contribution in [2.45, 2.75) is 50.6 Å². The smallest absolute Gasteiger partial charge is 0.306 e. The van der Waals surface area contributed by atoms with Crippen LogP contribution in [0, 0.1) is 5.92 Å². The highest BCUT2D eigenvalue weighted by Gasteiger charge is 2.41. The minimum Gasteiger partial charge on any atom is -0.481 e. The molecule has 0 bridgehead atoms. The van der Waals surface area contributed by atoms with Crippen molar-refractivity contribution >= 4 is 45.8 Å². The van der Waals surface area contributed by atoms with Crippen molar-refractivity contribution in [3.8, 4) is 0 Å². The lowest BCUT2D eigenvalue weighted by Crippen LogP contribution is -2.53. The molecule has 9 nitrogen and oxygen atoms in total. The van der Waals surface area contributed by atoms with Crippen LogP contribution >= 0.6 is 0 Å². The fourth-order valence-electron chi connectivity index (χ4n) is 5.53. The second-order valence-corrected chi connectivity index (χ2v) is 9.80. The van der Waals surface area contributed by atoms with Crippen molar-refractivity contribution in [2.75, 3.05) is 22.9 Å². The van der Waals surface area contributed by atoms with Gasteiger partial charge in [-0.2, -0.15) is 0 Å². The molecule has 0 spiro atoms. The number of nitrogens with one attached hydrogen (secondary N) is 1. The number of aliphatic carboxylic acids is 1. The van der Waals surface area contributed by atoms with Gasteiger partial charge in [0.2, 0.25) is 11.8 Å². The number of carbonyl (C=O) groups excluding carboxylic acids is 3. The molecule has 2 aromatic rings. The number of benzene rings is 2. The molecule has 3 aliphatic heterocycles. The van der Waals surface area contributed by atoms with E-state index in [9.17, 15) is 24.3 Å². The average molecular weight is 465 g/mol. The van der Waals surface area contributed by atoms with Crippen molar-refractivity contribution in [1.82, 2.24) is 5.32 Å². The number of rotatable bonds is 5. The second kappa shape index (κ2) is 8.09. The van der Waals surface area contributed by atoms with Crippen molar-refractivity contribution in [1.29, 1.82) is 0 Å². The highest BCUT2D eigenvalue weighted by molar-refractivity contribution is 6.27. The van der Waals surface area contributed by atoms with Crippen molar-refractivity contribution in [3.05, 3.63) is 35.9 Å². The summed E-state index contributed by atoms with van der Waals surface area (Å²) in [5, 5.41) is 13.3. The number of nitrogens with zero attached hydrogens (tertiary/aromatic N) is 2. The van der Waals surface area contributed by atoms with E-state index in [0.717, 1.165) is 16.5 Å². The molecule has 2 unspecified atom stereocenters. The molecular formula is C25H28N4O5. The zero-order valence-electron chi connectivity index (χ0n) is 19.0. The van der Waals surface area contributed by atoms with Crippen LogP contribution in [0.5, 0.6) is 0 Å². The Morgan fingerprint density at radius 2 is 1.97 bits per heavy atom. The molecule has 0 aromatic heterocycles. The van der Waals surface area contributed by atoms with Gasteiger partial charge in [-0.25, -0.2) is 0 Å². The third-order valence-electron chi connectivity index (χ3n) is 7.43. The number of imide groups is 1. The molecule has 5 rings (SSSR count). The Kier molecular flexibility index (Phi) is 5.31. The second-order valence-electron chi connectivity index (χ2n) is 9.80. The number of carbonyl (C=O) groups is 4. The van der Waals surface area contributed by atoms with Gasteiger partial charge in [-0.15, -0.1) is 0 Å². The summed E-state index contributed by atoms with van der Waals surface area (Å²) in [5.74, 6) is -2.32. The summed E-state index contributed by atoms with van der Waals surface area (Å²) in [6.45, 7) is 3.02. The fourth-order valence-corrected chi connectivity index (χ4v) is 5.53. The van der Waals surface area contributed by atoms with Gasteiger partial charge in [0.1, 0.15) is 6.04 Å². The molecule has 0 radical (unpaired) electrons. The maximum atomic E-state index is 13.5. The molecule has 3 aliphatic rings. The third-order valence-corrected chi connectivity index (χ3v) is 7.43. The molecule has 2 fully saturated rings. The predicted molar refractivity (Wildman–Crippen MR) is 127 cm³/mol. The normalized spacial score (nSPS) is 22.8. The highest BCUT2D eigenvalue weighted by atomic mass is 16.4. The minimum atomic E-state index is -0.834. The largest absolute Gasteiger partial charge is 0.481 e. The molecule has 3 amide bonds. The van der Waals surface area contributed by atoms with Gasteiger partial charge in [0.25, 0.3) is 5.91 Å². The Balaban J connectivity index is 1.41. The molecule has 178 valence electrons. The molecule has 0 saturated carbocycles. The number of anilines is 2. The van der Waals surface area contributed by atoms with Crippen molar-refractivity contribution < 1.29 is 24.3 Å². The van der Waals surface area contributed by atoms with E-state index in [4.69, 9.17) is 5.73 Å². The Morgan fingerprint density at radius 3 is 2.65 bits per heavy atom. The first-order valence-corrected chi connectivity index (χ1v) is 11.7. The van der Waals surface area contributed by atoms with Gasteiger partial charge in [0.05, 0.1) is 17.2 Å². The molecule has 2 aromatic carbocycles. The van der Waals surface area contributed by atoms with Gasteiger partial charge in [0.15, 0.2) is 0 Å². The van der Waals surface area contributed by atoms with E-state index in [1.807, 2.05) is 30.3 Å². The van der Waals surface area contributed by atoms with Crippen molar-refractivity contribution in [2.24, 2.45) is 11.7 Å². The Bertz CT molecular complexity index is 1220. The van der Waals surface area contributed by atoms with Crippen LogP contribution in [0.4, 0.5) is 11.4 Å². The Hall–Kier alpha value is -3.46. The number of hydrogen-bond acceptors (Lipinski definition) is 6. The van der Waals surface area contributed by atoms with Gasteiger partial charge in [-0.3, -0.25) is 29.4 Å². The van der Waals surface area contributed by atoms with Crippen LogP contribution in [0.2, 0.25) is 0 Å². The van der Waals surface area contributed by atoms with Crippen LogP contribution in [-0.2, 0) is 14.4 Å². The quantitative estimate of drug-likeness (QED) is 0.577. The highest BCUT2D eigenvalue weighted by Crippen LogP contribution is 2.42. The summed E-state index contributed by atoms with van der Waals surface area (Å²) in [5.41, 5.74) is 8.16. The summed E-state index contributed by atoms with van der Waals surface area (Å²) in [6, 6.07) is 8.88. The summed E-state index contributed by atoms with van der Waals surface area (Å²) >= 11 is 0. The van der Waals surface area contributed by atoms with Crippen LogP contribution in [0.15, 0.2) is 30.3 Å². The third kappa shape index (κ3) is 3.69. The van der Waals surface area contributed by atoms with Gasteiger partial charge < -0.3 is 15.7 Å². The standard InChI is InChI=1S/C25H28N4O5/c1-14(24(33)34)13-25(26)7-9-28(10-8-25)16-11-15-3-2-4-18-21(15)17(12-16)23(32)29(18)19-5-6-20(30)27-22(19)31/h2-4,11-12,14,19H,5-10,13,26H2,1H3,(H,33,34)(H,27,30,31). The molecule has 2 saturated heterocycles. The zero-order chi connectivity index (χ0) is 24.2. The summed E-state index contributed by atoms with van der Waals surface area (Å²) < 4.78 is 0. The van der Waals surface area contributed by atoms with E-state index >= 15 is 0 Å². The van der Waals surface area contributed by atoms with E-state index in [1.165, 1.54) is 4.90 Å². The molecule has 34 heavy (non-hydrogen) atoms. The van der Waals surface area contributed by atoms with Crippen LogP contribution in [0.25, 0.3) is 10.8 Å². The number of carboxylic acids is 1. The SMILES string of the molecule is CC(CC1(N)CCN(c2cc3c4c(cccc4c2)N(C2CCC(=O)NC2=O)C3=O)CC1)C(=O)O. The lowest BCUT2D eigenvalue weighted by molar-refractivity contribution is -0.142. The van der Waals surface area contributed by atoms with Crippen molar-refractivity contribution in [3.63, 3.8) is 0 Å².